The van der Waals surface area contributed by atoms with Crippen LogP contribution in [-0.4, -0.2) is 23.0 Å². The zero-order valence-corrected chi connectivity index (χ0v) is 7.07. The summed E-state index contributed by atoms with van der Waals surface area (Å²) in [6, 6.07) is 3.56. The molecule has 13 heavy (non-hydrogen) atoms. The summed E-state index contributed by atoms with van der Waals surface area (Å²) in [7, 11) is 1.34. The molecule has 0 bridgehead atoms. The minimum absolute atomic E-state index is 0.317. The van der Waals surface area contributed by atoms with E-state index in [0.717, 1.165) is 10.9 Å². The van der Waals surface area contributed by atoms with Crippen LogP contribution < -0.4 is 0 Å². The molecule has 4 heteroatoms. The first-order chi connectivity index (χ1) is 6.31. The van der Waals surface area contributed by atoms with Crippen molar-refractivity contribution in [3.63, 3.8) is 0 Å². The number of rotatable bonds is 1. The highest BCUT2D eigenvalue weighted by Crippen LogP contribution is 2.11. The number of esters is 1. The largest absolute Gasteiger partial charge is 0.464 e. The van der Waals surface area contributed by atoms with Crippen LogP contribution >= 0.6 is 0 Å². The first-order valence-electron chi connectivity index (χ1n) is 3.83. The van der Waals surface area contributed by atoms with Gasteiger partial charge in [0.1, 0.15) is 5.69 Å². The Balaban J connectivity index is 2.54. The van der Waals surface area contributed by atoms with Gasteiger partial charge in [-0.1, -0.05) is 0 Å². The van der Waals surface area contributed by atoms with Gasteiger partial charge in [0, 0.05) is 23.3 Å². The van der Waals surface area contributed by atoms with Crippen LogP contribution in [0.3, 0.4) is 0 Å². The topological polar surface area (TPSA) is 55.0 Å². The van der Waals surface area contributed by atoms with Gasteiger partial charge in [-0.2, -0.15) is 0 Å². The molecule has 2 aromatic heterocycles. The van der Waals surface area contributed by atoms with Gasteiger partial charge in [0.2, 0.25) is 0 Å². The number of carbonyl (C=O) groups is 1. The first kappa shape index (κ1) is 7.79. The summed E-state index contributed by atoms with van der Waals surface area (Å²) in [6.45, 7) is 0. The SMILES string of the molecule is COC(=O)c1cc2[nH]ccc2cn1. The lowest BCUT2D eigenvalue weighted by Crippen LogP contribution is -2.03. The smallest absolute Gasteiger partial charge is 0.356 e. The molecule has 0 amide bonds. The predicted molar refractivity (Wildman–Crippen MR) is 47.4 cm³/mol. The number of aromatic amines is 1. The van der Waals surface area contributed by atoms with Crippen LogP contribution in [0, 0.1) is 0 Å². The van der Waals surface area contributed by atoms with Crippen molar-refractivity contribution in [1.82, 2.24) is 9.97 Å². The number of carbonyl (C=O) groups excluding carboxylic acids is 1. The van der Waals surface area contributed by atoms with Crippen molar-refractivity contribution in [2.45, 2.75) is 0 Å². The maximum Gasteiger partial charge on any atom is 0.356 e. The van der Waals surface area contributed by atoms with Crippen LogP contribution in [0.4, 0.5) is 0 Å². The van der Waals surface area contributed by atoms with Crippen LogP contribution in [0.1, 0.15) is 10.5 Å². The van der Waals surface area contributed by atoms with E-state index in [1.807, 2.05) is 6.07 Å². The van der Waals surface area contributed by atoms with E-state index in [1.54, 1.807) is 18.5 Å². The maximum absolute atomic E-state index is 11.1. The second kappa shape index (κ2) is 2.90. The van der Waals surface area contributed by atoms with Crippen molar-refractivity contribution in [2.75, 3.05) is 7.11 Å². The Morgan fingerprint density at radius 3 is 3.23 bits per heavy atom. The summed E-state index contributed by atoms with van der Waals surface area (Å²) < 4.78 is 4.55. The van der Waals surface area contributed by atoms with Crippen molar-refractivity contribution in [2.24, 2.45) is 0 Å². The molecule has 0 atom stereocenters. The lowest BCUT2D eigenvalue weighted by Gasteiger charge is -1.97. The minimum atomic E-state index is -0.420. The third-order valence-electron chi connectivity index (χ3n) is 1.83. The zero-order valence-electron chi connectivity index (χ0n) is 7.07. The van der Waals surface area contributed by atoms with E-state index < -0.39 is 5.97 Å². The molecule has 0 aromatic carbocycles. The van der Waals surface area contributed by atoms with Crippen molar-refractivity contribution in [3.05, 3.63) is 30.2 Å². The van der Waals surface area contributed by atoms with Crippen LogP contribution in [0.15, 0.2) is 24.5 Å². The van der Waals surface area contributed by atoms with Gasteiger partial charge < -0.3 is 9.72 Å². The molecular weight excluding hydrogens is 168 g/mol. The molecule has 0 radical (unpaired) electrons. The number of hydrogen-bond donors (Lipinski definition) is 1. The molecule has 2 aromatic rings. The summed E-state index contributed by atoms with van der Waals surface area (Å²) >= 11 is 0. The molecule has 0 fully saturated rings. The fraction of sp³-hybridized carbons (Fsp3) is 0.111. The molecule has 0 aliphatic heterocycles. The van der Waals surface area contributed by atoms with Gasteiger partial charge in [0.15, 0.2) is 0 Å². The van der Waals surface area contributed by atoms with Crippen molar-refractivity contribution in [1.29, 1.82) is 0 Å². The van der Waals surface area contributed by atoms with Crippen LogP contribution in [0.25, 0.3) is 10.9 Å². The molecule has 4 nitrogen and oxygen atoms in total. The Labute approximate surface area is 74.5 Å². The van der Waals surface area contributed by atoms with E-state index in [4.69, 9.17) is 0 Å². The summed E-state index contributed by atoms with van der Waals surface area (Å²) in [5, 5.41) is 0.979. The quantitative estimate of drug-likeness (QED) is 0.667. The third kappa shape index (κ3) is 1.26. The highest BCUT2D eigenvalue weighted by Gasteiger charge is 2.07. The number of nitrogens with zero attached hydrogens (tertiary/aromatic N) is 1. The van der Waals surface area contributed by atoms with Gasteiger partial charge in [-0.15, -0.1) is 0 Å². The fourth-order valence-corrected chi connectivity index (χ4v) is 1.16. The average molecular weight is 176 g/mol. The molecule has 0 saturated heterocycles. The molecule has 66 valence electrons. The van der Waals surface area contributed by atoms with E-state index >= 15 is 0 Å². The Morgan fingerprint density at radius 1 is 1.62 bits per heavy atom. The number of ether oxygens (including phenoxy) is 1. The lowest BCUT2D eigenvalue weighted by molar-refractivity contribution is 0.0594. The highest BCUT2D eigenvalue weighted by molar-refractivity contribution is 5.91. The van der Waals surface area contributed by atoms with Gasteiger partial charge in [0.05, 0.1) is 7.11 Å². The summed E-state index contributed by atoms with van der Waals surface area (Å²) in [4.78, 5) is 18.0. The number of nitrogens with one attached hydrogen (secondary N) is 1. The number of fused-ring (bicyclic) bond motifs is 1. The van der Waals surface area contributed by atoms with Crippen molar-refractivity contribution >= 4 is 16.9 Å². The number of methoxy groups -OCH3 is 1. The second-order valence-corrected chi connectivity index (χ2v) is 2.63. The monoisotopic (exact) mass is 176 g/mol. The standard InChI is InChI=1S/C9H8N2O2/c1-13-9(12)8-4-7-6(5-11-8)2-3-10-7/h2-5,10H,1H3. The Kier molecular flexibility index (Phi) is 1.73. The Morgan fingerprint density at radius 2 is 2.46 bits per heavy atom. The molecule has 0 aliphatic rings. The predicted octanol–water partition coefficient (Wildman–Crippen LogP) is 1.35. The summed E-state index contributed by atoms with van der Waals surface area (Å²) in [6.07, 6.45) is 3.44. The summed E-state index contributed by atoms with van der Waals surface area (Å²) in [5.41, 5.74) is 1.20. The molecule has 0 spiro atoms. The Bertz CT molecular complexity index is 448. The number of pyridine rings is 1. The number of H-pyrrole nitrogens is 1. The number of hydrogen-bond acceptors (Lipinski definition) is 3. The maximum atomic E-state index is 11.1. The lowest BCUT2D eigenvalue weighted by atomic mass is 10.3. The molecule has 1 N–H and O–H groups in total. The van der Waals surface area contributed by atoms with Gasteiger partial charge in [-0.3, -0.25) is 0 Å². The molecule has 0 unspecified atom stereocenters. The highest BCUT2D eigenvalue weighted by atomic mass is 16.5. The van der Waals surface area contributed by atoms with Crippen LogP contribution in [0.2, 0.25) is 0 Å². The minimum Gasteiger partial charge on any atom is -0.464 e. The van der Waals surface area contributed by atoms with Crippen LogP contribution in [-0.2, 0) is 4.74 Å². The molecule has 0 aliphatic carbocycles. The summed E-state index contributed by atoms with van der Waals surface area (Å²) in [5.74, 6) is -0.420. The van der Waals surface area contributed by atoms with E-state index in [1.165, 1.54) is 7.11 Å². The number of aromatic nitrogens is 2. The van der Waals surface area contributed by atoms with Crippen LogP contribution in [0.5, 0.6) is 0 Å². The first-order valence-corrected chi connectivity index (χ1v) is 3.83. The van der Waals surface area contributed by atoms with E-state index in [9.17, 15) is 4.79 Å². The second-order valence-electron chi connectivity index (χ2n) is 2.63. The normalized spacial score (nSPS) is 10.2. The van der Waals surface area contributed by atoms with Gasteiger partial charge in [-0.25, -0.2) is 9.78 Å². The third-order valence-corrected chi connectivity index (χ3v) is 1.83. The van der Waals surface area contributed by atoms with Gasteiger partial charge >= 0.3 is 5.97 Å². The van der Waals surface area contributed by atoms with E-state index in [-0.39, 0.29) is 0 Å². The average Bonchev–Trinajstić information content (AvgIpc) is 2.63. The Hall–Kier alpha value is -1.84. The molecular formula is C9H8N2O2. The van der Waals surface area contributed by atoms with Gasteiger partial charge in [-0.05, 0) is 12.1 Å². The van der Waals surface area contributed by atoms with Gasteiger partial charge in [0.25, 0.3) is 0 Å². The van der Waals surface area contributed by atoms with E-state index in [2.05, 4.69) is 14.7 Å². The zero-order chi connectivity index (χ0) is 9.26. The van der Waals surface area contributed by atoms with Crippen molar-refractivity contribution in [3.8, 4) is 0 Å². The molecule has 2 rings (SSSR count). The fourth-order valence-electron chi connectivity index (χ4n) is 1.16. The van der Waals surface area contributed by atoms with Crippen molar-refractivity contribution < 1.29 is 9.53 Å². The molecule has 0 saturated carbocycles. The molecule has 2 heterocycles. The van der Waals surface area contributed by atoms with E-state index in [0.29, 0.717) is 5.69 Å².